The van der Waals surface area contributed by atoms with Gasteiger partial charge >= 0.3 is 26.2 Å². The Morgan fingerprint density at radius 1 is 0.941 bits per heavy atom. The molecule has 0 aromatic carbocycles. The largest absolute Gasteiger partial charge is 3.00 e. The Labute approximate surface area is 134 Å². The molecule has 2 rings (SSSR count). The van der Waals surface area contributed by atoms with Crippen molar-refractivity contribution < 1.29 is 26.2 Å². The van der Waals surface area contributed by atoms with Crippen molar-refractivity contribution >= 4 is 26.6 Å². The van der Waals surface area contributed by atoms with Crippen LogP contribution in [0.25, 0.3) is 0 Å². The van der Waals surface area contributed by atoms with Crippen molar-refractivity contribution in [1.29, 1.82) is 0 Å². The van der Waals surface area contributed by atoms with E-state index in [2.05, 4.69) is 37.4 Å². The van der Waals surface area contributed by atoms with E-state index in [1.165, 1.54) is 0 Å². The molecule has 2 aliphatic rings. The first-order valence-electron chi connectivity index (χ1n) is 5.66. The molecular formula is C13H24Si3Zr. The van der Waals surface area contributed by atoms with Gasteiger partial charge in [-0.3, -0.25) is 12.2 Å². The second-order valence-corrected chi connectivity index (χ2v) is 17.1. The molecule has 0 aromatic rings. The molecule has 0 unspecified atom stereocenters. The summed E-state index contributed by atoms with van der Waals surface area (Å²) in [7, 11) is 2.21. The van der Waals surface area contributed by atoms with Gasteiger partial charge in [-0.25, -0.2) is 24.3 Å². The predicted octanol–water partition coefficient (Wildman–Crippen LogP) is 1.75. The van der Waals surface area contributed by atoms with Gasteiger partial charge in [-0.1, -0.05) is 13.1 Å². The molecule has 0 N–H and O–H groups in total. The van der Waals surface area contributed by atoms with Crippen molar-refractivity contribution in [2.24, 2.45) is 0 Å². The SMILES string of the molecule is C[SiH2][SiH][SiH2]C.[C-]1=CC=CC1.[C-]1=CC=CC1.[CH3-].[Zr+3]. The Kier molecular flexibility index (Phi) is 29.0. The third-order valence-corrected chi connectivity index (χ3v) is 16.8. The summed E-state index contributed by atoms with van der Waals surface area (Å²) in [5, 5.41) is 0. The maximum absolute atomic E-state index is 2.99. The Morgan fingerprint density at radius 3 is 1.41 bits per heavy atom. The quantitative estimate of drug-likeness (QED) is 0.523. The molecule has 0 bridgehead atoms. The topological polar surface area (TPSA) is 0 Å². The van der Waals surface area contributed by atoms with Gasteiger partial charge in [0, 0.05) is 26.6 Å². The van der Waals surface area contributed by atoms with E-state index in [1.54, 1.807) is 0 Å². The van der Waals surface area contributed by atoms with Crippen LogP contribution in [-0.2, 0) is 26.2 Å². The monoisotopic (exact) mass is 354 g/mol. The molecule has 2 radical (unpaired) electrons. The fourth-order valence-corrected chi connectivity index (χ4v) is 8.47. The molecule has 0 aliphatic heterocycles. The Balaban J connectivity index is -0.000000163. The molecule has 0 saturated carbocycles. The normalized spacial score (nSPS) is 14.2. The van der Waals surface area contributed by atoms with Gasteiger partial charge in [0.2, 0.25) is 0 Å². The second kappa shape index (κ2) is 21.7. The molecular weight excluding hydrogens is 332 g/mol. The standard InChI is InChI=1S/2C5H5.C2H11Si3.CH3.Zr/c2*1-2-4-5-3-1;1-3-5-4-2;;/h2*1-3H,4H2;5H,3-4H2,1-2H3;1H3;/q2*-1;;-1;+3. The van der Waals surface area contributed by atoms with E-state index in [9.17, 15) is 0 Å². The molecule has 0 amide bonds. The first-order valence-corrected chi connectivity index (χ1v) is 15.0. The van der Waals surface area contributed by atoms with Crippen molar-refractivity contribution in [2.75, 3.05) is 0 Å². The van der Waals surface area contributed by atoms with Crippen LogP contribution < -0.4 is 0 Å². The molecule has 0 atom stereocenters. The van der Waals surface area contributed by atoms with E-state index < -0.39 is 0 Å². The van der Waals surface area contributed by atoms with Gasteiger partial charge in [0.15, 0.2) is 0 Å². The third kappa shape index (κ3) is 22.2. The van der Waals surface area contributed by atoms with E-state index in [0.29, 0.717) is 18.1 Å². The Hall–Kier alpha value is 0.494. The van der Waals surface area contributed by atoms with Crippen LogP contribution in [0, 0.1) is 19.6 Å². The fraction of sp³-hybridized carbons (Fsp3) is 0.308. The molecule has 0 saturated heterocycles. The average Bonchev–Trinajstić information content (AvgIpc) is 2.99. The number of rotatable bonds is 2. The molecule has 0 nitrogen and oxygen atoms in total. The zero-order chi connectivity index (χ0) is 11.2. The van der Waals surface area contributed by atoms with E-state index in [-0.39, 0.29) is 33.6 Å². The number of hydrogen-bond donors (Lipinski definition) is 0. The summed E-state index contributed by atoms with van der Waals surface area (Å²) in [4.78, 5) is 0. The van der Waals surface area contributed by atoms with E-state index >= 15 is 0 Å². The molecule has 4 heteroatoms. The zero-order valence-electron chi connectivity index (χ0n) is 11.4. The maximum atomic E-state index is 2.99. The summed E-state index contributed by atoms with van der Waals surface area (Å²) in [6, 6.07) is 0. The van der Waals surface area contributed by atoms with Crippen LogP contribution >= 0.6 is 0 Å². The number of hydrogen-bond acceptors (Lipinski definition) is 0. The molecule has 0 spiro atoms. The molecule has 0 aromatic heterocycles. The molecule has 2 aliphatic carbocycles. The smallest absolute Gasteiger partial charge is 0.358 e. The summed E-state index contributed by atoms with van der Waals surface area (Å²) < 4.78 is 0. The minimum atomic E-state index is 0. The molecule has 0 fully saturated rings. The van der Waals surface area contributed by atoms with Gasteiger partial charge in [-0.2, -0.15) is 12.2 Å². The molecule has 17 heavy (non-hydrogen) atoms. The minimum Gasteiger partial charge on any atom is -0.358 e. The van der Waals surface area contributed by atoms with Gasteiger partial charge in [0.1, 0.15) is 0 Å². The van der Waals surface area contributed by atoms with Crippen LogP contribution in [0.4, 0.5) is 0 Å². The van der Waals surface area contributed by atoms with Crippen LogP contribution in [0.5, 0.6) is 0 Å². The van der Waals surface area contributed by atoms with Crippen molar-refractivity contribution in [3.63, 3.8) is 0 Å². The third-order valence-electron chi connectivity index (χ3n) is 1.75. The van der Waals surface area contributed by atoms with Crippen molar-refractivity contribution in [2.45, 2.75) is 25.9 Å². The summed E-state index contributed by atoms with van der Waals surface area (Å²) in [6.45, 7) is 4.84. The van der Waals surface area contributed by atoms with Gasteiger partial charge in [-0.05, 0) is 0 Å². The van der Waals surface area contributed by atoms with Crippen molar-refractivity contribution in [3.05, 3.63) is 56.0 Å². The maximum Gasteiger partial charge on any atom is 3.00 e. The van der Waals surface area contributed by atoms with Crippen LogP contribution in [-0.4, -0.2) is 26.6 Å². The van der Waals surface area contributed by atoms with Crippen molar-refractivity contribution in [3.8, 4) is 0 Å². The molecule has 92 valence electrons. The van der Waals surface area contributed by atoms with E-state index in [4.69, 9.17) is 0 Å². The fourth-order valence-electron chi connectivity index (χ4n) is 0.969. The summed E-state index contributed by atoms with van der Waals surface area (Å²) in [5.41, 5.74) is 0. The second-order valence-electron chi connectivity index (χ2n) is 3.11. The zero-order valence-corrected chi connectivity index (χ0v) is 17.8. The van der Waals surface area contributed by atoms with Crippen LogP contribution in [0.2, 0.25) is 13.1 Å². The molecule has 0 heterocycles. The summed E-state index contributed by atoms with van der Waals surface area (Å²) >= 11 is 0. The first kappa shape index (κ1) is 22.7. The summed E-state index contributed by atoms with van der Waals surface area (Å²) in [6.07, 6.45) is 20.0. The van der Waals surface area contributed by atoms with E-state index in [0.717, 1.165) is 21.4 Å². The first-order chi connectivity index (χ1) is 7.41. The summed E-state index contributed by atoms with van der Waals surface area (Å²) in [5.74, 6) is 0. The van der Waals surface area contributed by atoms with Gasteiger partial charge in [0.05, 0.1) is 0 Å². The van der Waals surface area contributed by atoms with E-state index in [1.807, 2.05) is 24.3 Å². The van der Waals surface area contributed by atoms with Gasteiger partial charge in [0.25, 0.3) is 0 Å². The van der Waals surface area contributed by atoms with Crippen molar-refractivity contribution in [1.82, 2.24) is 0 Å². The average molecular weight is 356 g/mol. The van der Waals surface area contributed by atoms with Gasteiger partial charge in [-0.15, -0.1) is 12.8 Å². The minimum absolute atomic E-state index is 0. The number of allylic oxidation sites excluding steroid dienone is 8. The predicted molar refractivity (Wildman–Crippen MR) is 85.5 cm³/mol. The van der Waals surface area contributed by atoms with Crippen LogP contribution in [0.15, 0.2) is 36.5 Å². The Morgan fingerprint density at radius 2 is 1.35 bits per heavy atom. The van der Waals surface area contributed by atoms with Crippen LogP contribution in [0.1, 0.15) is 12.8 Å². The Bertz CT molecular complexity index is 189. The van der Waals surface area contributed by atoms with Crippen LogP contribution in [0.3, 0.4) is 0 Å². The van der Waals surface area contributed by atoms with Gasteiger partial charge < -0.3 is 7.43 Å².